The highest BCUT2D eigenvalue weighted by molar-refractivity contribution is 7.10. The van der Waals surface area contributed by atoms with Crippen LogP contribution in [0.5, 0.6) is 0 Å². The predicted octanol–water partition coefficient (Wildman–Crippen LogP) is 3.46. The maximum atomic E-state index is 9.46. The fraction of sp³-hybridized carbons (Fsp3) is 0.409. The monoisotopic (exact) mass is 433 g/mol. The molecule has 0 aliphatic carbocycles. The highest BCUT2D eigenvalue weighted by atomic mass is 32.1. The molecule has 158 valence electrons. The van der Waals surface area contributed by atoms with Crippen LogP contribution < -0.4 is 0 Å². The molecule has 0 unspecified atom stereocenters. The van der Waals surface area contributed by atoms with Gasteiger partial charge in [0.15, 0.2) is 5.54 Å². The molecule has 0 amide bonds. The van der Waals surface area contributed by atoms with Crippen molar-refractivity contribution in [1.29, 1.82) is 0 Å². The van der Waals surface area contributed by atoms with E-state index in [0.29, 0.717) is 12.0 Å². The van der Waals surface area contributed by atoms with Crippen LogP contribution in [0.1, 0.15) is 35.0 Å². The van der Waals surface area contributed by atoms with Gasteiger partial charge in [-0.25, -0.2) is 4.68 Å². The lowest BCUT2D eigenvalue weighted by Gasteiger charge is -2.44. The van der Waals surface area contributed by atoms with E-state index in [1.165, 1.54) is 25.9 Å². The van der Waals surface area contributed by atoms with Gasteiger partial charge in [0, 0.05) is 11.4 Å². The van der Waals surface area contributed by atoms with Gasteiger partial charge in [-0.05, 0) is 71.3 Å². The SMILES string of the molecule is OCc1cccc(-c2csc([C@@]3(c4cn([C@H]5CN6CCC5CC6)nn4)C=NN=N3)c2)c1. The van der Waals surface area contributed by atoms with Gasteiger partial charge in [-0.2, -0.15) is 0 Å². The first kappa shape index (κ1) is 19.0. The summed E-state index contributed by atoms with van der Waals surface area (Å²) in [6, 6.07) is 10.4. The molecule has 0 saturated carbocycles. The summed E-state index contributed by atoms with van der Waals surface area (Å²) in [4.78, 5) is 3.52. The van der Waals surface area contributed by atoms with E-state index in [2.05, 4.69) is 42.1 Å². The van der Waals surface area contributed by atoms with Crippen LogP contribution in [0.3, 0.4) is 0 Å². The summed E-state index contributed by atoms with van der Waals surface area (Å²) in [5.74, 6) is 0.668. The summed E-state index contributed by atoms with van der Waals surface area (Å²) in [5, 5.41) is 33.1. The van der Waals surface area contributed by atoms with Gasteiger partial charge in [-0.15, -0.1) is 26.7 Å². The fourth-order valence-corrected chi connectivity index (χ4v) is 6.00. The van der Waals surface area contributed by atoms with Crippen LogP contribution in [0.4, 0.5) is 0 Å². The largest absolute Gasteiger partial charge is 0.392 e. The molecule has 4 aliphatic rings. The van der Waals surface area contributed by atoms with Crippen LogP contribution >= 0.6 is 11.3 Å². The third-order valence-electron chi connectivity index (χ3n) is 6.78. The molecule has 6 heterocycles. The Morgan fingerprint density at radius 2 is 2.06 bits per heavy atom. The van der Waals surface area contributed by atoms with E-state index in [9.17, 15) is 5.11 Å². The van der Waals surface area contributed by atoms with Crippen molar-refractivity contribution in [2.45, 2.75) is 31.0 Å². The molecule has 31 heavy (non-hydrogen) atoms. The fourth-order valence-electron chi connectivity index (χ4n) is 4.97. The van der Waals surface area contributed by atoms with Crippen LogP contribution in [0, 0.1) is 5.92 Å². The normalized spacial score (nSPS) is 29.1. The minimum atomic E-state index is -0.830. The van der Waals surface area contributed by atoms with E-state index in [1.807, 2.05) is 35.1 Å². The number of fused-ring (bicyclic) bond motifs is 3. The number of aliphatic hydroxyl groups is 1. The van der Waals surface area contributed by atoms with Crippen LogP contribution in [-0.4, -0.2) is 50.8 Å². The molecular formula is C22H23N7OS. The Kier molecular flexibility index (Phi) is 4.55. The van der Waals surface area contributed by atoms with Gasteiger partial charge in [0.25, 0.3) is 0 Å². The van der Waals surface area contributed by atoms with Gasteiger partial charge in [0.05, 0.1) is 25.1 Å². The topological polar surface area (TPSA) is 91.3 Å². The second kappa shape index (κ2) is 7.44. The van der Waals surface area contributed by atoms with Gasteiger partial charge in [-0.1, -0.05) is 23.4 Å². The van der Waals surface area contributed by atoms with Crippen LogP contribution in [0.2, 0.25) is 0 Å². The van der Waals surface area contributed by atoms with Crippen LogP contribution in [-0.2, 0) is 12.1 Å². The molecule has 8 nitrogen and oxygen atoms in total. The summed E-state index contributed by atoms with van der Waals surface area (Å²) in [5.41, 5.74) is 2.96. The Morgan fingerprint density at radius 1 is 1.16 bits per heavy atom. The maximum Gasteiger partial charge on any atom is 0.200 e. The van der Waals surface area contributed by atoms with E-state index in [0.717, 1.165) is 33.8 Å². The van der Waals surface area contributed by atoms with Crippen molar-refractivity contribution in [2.24, 2.45) is 21.4 Å². The molecule has 3 saturated heterocycles. The van der Waals surface area contributed by atoms with E-state index in [-0.39, 0.29) is 6.61 Å². The van der Waals surface area contributed by atoms with E-state index < -0.39 is 5.54 Å². The number of benzene rings is 1. The molecule has 0 radical (unpaired) electrons. The molecule has 4 aliphatic heterocycles. The first-order valence-electron chi connectivity index (χ1n) is 10.7. The Hall–Kier alpha value is -2.75. The van der Waals surface area contributed by atoms with Gasteiger partial charge in [-0.3, -0.25) is 0 Å². The number of thiophene rings is 1. The molecule has 9 heteroatoms. The standard InChI is InChI=1S/C22H23N7OS/c30-12-15-2-1-3-17(8-15)18-9-21(31-13-18)22(14-23-26-25-22)20-11-29(27-24-20)19-10-28-6-4-16(19)5-7-28/h1-3,8-9,11,13-14,16,19,30H,4-7,10,12H2/t19-,22-/m0/s1. The molecule has 1 aromatic carbocycles. The number of piperidine rings is 3. The summed E-state index contributed by atoms with van der Waals surface area (Å²) >= 11 is 1.61. The Bertz CT molecular complexity index is 1150. The Balaban J connectivity index is 1.34. The van der Waals surface area contributed by atoms with Crippen molar-refractivity contribution in [1.82, 2.24) is 19.9 Å². The molecule has 3 fully saturated rings. The molecule has 7 rings (SSSR count). The van der Waals surface area contributed by atoms with Crippen molar-refractivity contribution >= 4 is 17.6 Å². The average Bonchev–Trinajstić information content (AvgIpc) is 3.60. The number of aromatic nitrogens is 3. The second-order valence-corrected chi connectivity index (χ2v) is 9.46. The zero-order valence-corrected chi connectivity index (χ0v) is 17.8. The van der Waals surface area contributed by atoms with E-state index in [1.54, 1.807) is 17.6 Å². The zero-order valence-electron chi connectivity index (χ0n) is 17.0. The van der Waals surface area contributed by atoms with E-state index >= 15 is 0 Å². The van der Waals surface area contributed by atoms with Gasteiger partial charge in [0.1, 0.15) is 5.69 Å². The lowest BCUT2D eigenvalue weighted by atomic mass is 9.84. The van der Waals surface area contributed by atoms with Gasteiger partial charge < -0.3 is 10.0 Å². The number of aliphatic hydroxyl groups excluding tert-OH is 1. The second-order valence-electron chi connectivity index (χ2n) is 8.55. The third-order valence-corrected chi connectivity index (χ3v) is 7.83. The number of hydrogen-bond acceptors (Lipinski definition) is 8. The number of nitrogens with zero attached hydrogens (tertiary/aromatic N) is 7. The summed E-state index contributed by atoms with van der Waals surface area (Å²) in [6.07, 6.45) is 6.26. The van der Waals surface area contributed by atoms with Gasteiger partial charge in [0.2, 0.25) is 0 Å². The highest BCUT2D eigenvalue weighted by Crippen LogP contribution is 2.41. The summed E-state index contributed by atoms with van der Waals surface area (Å²) < 4.78 is 2.04. The predicted molar refractivity (Wildman–Crippen MR) is 118 cm³/mol. The average molecular weight is 434 g/mol. The van der Waals surface area contributed by atoms with Crippen molar-refractivity contribution < 1.29 is 5.11 Å². The third kappa shape index (κ3) is 3.15. The highest BCUT2D eigenvalue weighted by Gasteiger charge is 2.42. The number of rotatable bonds is 5. The zero-order chi connectivity index (χ0) is 20.8. The summed E-state index contributed by atoms with van der Waals surface area (Å²) in [6.45, 7) is 3.46. The summed E-state index contributed by atoms with van der Waals surface area (Å²) in [7, 11) is 0. The minimum Gasteiger partial charge on any atom is -0.392 e. The lowest BCUT2D eigenvalue weighted by molar-refractivity contribution is 0.0503. The van der Waals surface area contributed by atoms with Crippen LogP contribution in [0.25, 0.3) is 11.1 Å². The number of hydrogen-bond donors (Lipinski definition) is 1. The molecule has 3 aromatic rings. The first-order valence-corrected chi connectivity index (χ1v) is 11.5. The minimum absolute atomic E-state index is 0.0261. The smallest absolute Gasteiger partial charge is 0.200 e. The van der Waals surface area contributed by atoms with E-state index in [4.69, 9.17) is 0 Å². The van der Waals surface area contributed by atoms with Crippen LogP contribution in [0.15, 0.2) is 57.3 Å². The Morgan fingerprint density at radius 3 is 2.81 bits per heavy atom. The maximum absolute atomic E-state index is 9.46. The molecular weight excluding hydrogens is 410 g/mol. The molecule has 1 N–H and O–H groups in total. The quantitative estimate of drug-likeness (QED) is 0.667. The first-order chi connectivity index (χ1) is 15.2. The molecule has 2 bridgehead atoms. The van der Waals surface area contributed by atoms with Crippen molar-refractivity contribution in [2.75, 3.05) is 19.6 Å². The molecule has 2 aromatic heterocycles. The molecule has 2 atom stereocenters. The van der Waals surface area contributed by atoms with Crippen molar-refractivity contribution in [3.8, 4) is 11.1 Å². The lowest BCUT2D eigenvalue weighted by Crippen LogP contribution is -2.48. The van der Waals surface area contributed by atoms with Crippen molar-refractivity contribution in [3.63, 3.8) is 0 Å². The van der Waals surface area contributed by atoms with Gasteiger partial charge >= 0.3 is 0 Å². The Labute approximate surface area is 183 Å². The van der Waals surface area contributed by atoms with Crippen molar-refractivity contribution in [3.05, 3.63) is 58.0 Å². The molecule has 0 spiro atoms.